The minimum absolute atomic E-state index is 0.642. The Bertz CT molecular complexity index is 401. The van der Waals surface area contributed by atoms with Gasteiger partial charge in [-0.2, -0.15) is 0 Å². The number of fused-ring (bicyclic) bond motifs is 2. The topological polar surface area (TPSA) is 42.2 Å². The molecule has 4 heteroatoms. The molecule has 2 N–H and O–H groups in total. The third-order valence-electron chi connectivity index (χ3n) is 4.54. The Morgan fingerprint density at radius 2 is 2.00 bits per heavy atom. The van der Waals surface area contributed by atoms with Crippen molar-refractivity contribution in [2.45, 2.75) is 57.2 Å². The zero-order chi connectivity index (χ0) is 12.0. The van der Waals surface area contributed by atoms with E-state index in [1.54, 1.807) is 0 Å². The third kappa shape index (κ3) is 1.92. The average molecular weight is 251 g/mol. The van der Waals surface area contributed by atoms with Gasteiger partial charge in [0.05, 0.1) is 10.7 Å². The van der Waals surface area contributed by atoms with Gasteiger partial charge in [0, 0.05) is 29.4 Å². The maximum atomic E-state index is 5.74. The van der Waals surface area contributed by atoms with Crippen molar-refractivity contribution in [3.63, 3.8) is 0 Å². The predicted molar refractivity (Wildman–Crippen MR) is 71.3 cm³/mol. The van der Waals surface area contributed by atoms with Crippen LogP contribution in [0.3, 0.4) is 0 Å². The summed E-state index contributed by atoms with van der Waals surface area (Å²) in [4.78, 5) is 8.60. The lowest BCUT2D eigenvalue weighted by Gasteiger charge is -2.35. The summed E-state index contributed by atoms with van der Waals surface area (Å²) in [5.74, 6) is 0.688. The summed E-state index contributed by atoms with van der Waals surface area (Å²) in [5, 5.41) is 1.34. The monoisotopic (exact) mass is 251 g/mol. The Morgan fingerprint density at radius 3 is 2.53 bits per heavy atom. The first kappa shape index (κ1) is 11.6. The zero-order valence-corrected chi connectivity index (χ0v) is 11.5. The minimum Gasteiger partial charge on any atom is -0.326 e. The van der Waals surface area contributed by atoms with E-state index in [0.717, 1.165) is 17.8 Å². The first-order valence-electron chi connectivity index (χ1n) is 6.57. The van der Waals surface area contributed by atoms with Gasteiger partial charge >= 0.3 is 0 Å². The molecule has 0 aliphatic carbocycles. The molecule has 2 saturated heterocycles. The van der Waals surface area contributed by atoms with Crippen LogP contribution in [0.15, 0.2) is 0 Å². The molecule has 2 bridgehead atoms. The van der Waals surface area contributed by atoms with Gasteiger partial charge in [0.2, 0.25) is 0 Å². The lowest BCUT2D eigenvalue weighted by Crippen LogP contribution is -2.39. The van der Waals surface area contributed by atoms with Crippen LogP contribution in [-0.4, -0.2) is 29.0 Å². The maximum absolute atomic E-state index is 5.74. The van der Waals surface area contributed by atoms with E-state index in [2.05, 4.69) is 18.9 Å². The number of thiazole rings is 1. The van der Waals surface area contributed by atoms with E-state index in [9.17, 15) is 0 Å². The summed E-state index contributed by atoms with van der Waals surface area (Å²) in [7, 11) is 2.29. The fourth-order valence-electron chi connectivity index (χ4n) is 3.43. The standard InChI is InChI=1S/C13H21N3S/c1-8-12(7-14)17-13(15-8)9-5-10-3-4-11(6-9)16(10)2/h9-11H,3-7,14H2,1-2H3. The Hall–Kier alpha value is -0.450. The first-order chi connectivity index (χ1) is 8.19. The Kier molecular flexibility index (Phi) is 2.97. The number of hydrogen-bond donors (Lipinski definition) is 1. The number of nitrogens with two attached hydrogens (primary N) is 1. The molecule has 0 saturated carbocycles. The Morgan fingerprint density at radius 1 is 1.35 bits per heavy atom. The SMILES string of the molecule is Cc1nc(C2CC3CCC(C2)N3C)sc1CN. The fourth-order valence-corrected chi connectivity index (χ4v) is 4.50. The van der Waals surface area contributed by atoms with Crippen molar-refractivity contribution in [1.29, 1.82) is 0 Å². The van der Waals surface area contributed by atoms with Crippen molar-refractivity contribution >= 4 is 11.3 Å². The van der Waals surface area contributed by atoms with Crippen LogP contribution in [0.5, 0.6) is 0 Å². The van der Waals surface area contributed by atoms with Gasteiger partial charge in [0.1, 0.15) is 0 Å². The predicted octanol–water partition coefficient (Wildman–Crippen LogP) is 2.25. The summed E-state index contributed by atoms with van der Waals surface area (Å²) in [6, 6.07) is 1.59. The minimum atomic E-state index is 0.642. The molecule has 0 radical (unpaired) electrons. The highest BCUT2D eigenvalue weighted by atomic mass is 32.1. The number of hydrogen-bond acceptors (Lipinski definition) is 4. The molecule has 94 valence electrons. The van der Waals surface area contributed by atoms with Crippen molar-refractivity contribution in [2.24, 2.45) is 5.73 Å². The Labute approximate surface area is 107 Å². The lowest BCUT2D eigenvalue weighted by molar-refractivity contribution is 0.161. The smallest absolute Gasteiger partial charge is 0.0963 e. The van der Waals surface area contributed by atoms with Crippen molar-refractivity contribution in [1.82, 2.24) is 9.88 Å². The van der Waals surface area contributed by atoms with E-state index < -0.39 is 0 Å². The van der Waals surface area contributed by atoms with Crippen LogP contribution in [0.1, 0.15) is 47.2 Å². The van der Waals surface area contributed by atoms with Crippen molar-refractivity contribution in [3.8, 4) is 0 Å². The highest BCUT2D eigenvalue weighted by Crippen LogP contribution is 2.43. The molecule has 3 heterocycles. The van der Waals surface area contributed by atoms with Gasteiger partial charge in [0.15, 0.2) is 0 Å². The normalized spacial score (nSPS) is 33.2. The second kappa shape index (κ2) is 4.34. The molecular formula is C13H21N3S. The van der Waals surface area contributed by atoms with E-state index in [0.29, 0.717) is 12.5 Å². The van der Waals surface area contributed by atoms with E-state index in [1.165, 1.54) is 35.6 Å². The van der Waals surface area contributed by atoms with E-state index >= 15 is 0 Å². The summed E-state index contributed by atoms with van der Waals surface area (Å²) in [5.41, 5.74) is 6.90. The van der Waals surface area contributed by atoms with Crippen molar-refractivity contribution in [2.75, 3.05) is 7.05 Å². The maximum Gasteiger partial charge on any atom is 0.0963 e. The Balaban J connectivity index is 1.81. The number of nitrogens with zero attached hydrogens (tertiary/aromatic N) is 2. The molecule has 3 nitrogen and oxygen atoms in total. The summed E-state index contributed by atoms with van der Waals surface area (Å²) < 4.78 is 0. The quantitative estimate of drug-likeness (QED) is 0.876. The van der Waals surface area contributed by atoms with Gasteiger partial charge in [-0.25, -0.2) is 4.98 Å². The van der Waals surface area contributed by atoms with Crippen molar-refractivity contribution < 1.29 is 0 Å². The lowest BCUT2D eigenvalue weighted by atomic mass is 9.92. The first-order valence-corrected chi connectivity index (χ1v) is 7.39. The number of aromatic nitrogens is 1. The second-order valence-corrected chi connectivity index (χ2v) is 6.60. The zero-order valence-electron chi connectivity index (χ0n) is 10.6. The van der Waals surface area contributed by atoms with Crippen LogP contribution in [0.25, 0.3) is 0 Å². The summed E-state index contributed by atoms with van der Waals surface area (Å²) in [6.45, 7) is 2.73. The molecule has 2 aliphatic rings. The van der Waals surface area contributed by atoms with Gasteiger partial charge < -0.3 is 10.6 Å². The molecule has 0 amide bonds. The molecule has 2 unspecified atom stereocenters. The van der Waals surface area contributed by atoms with E-state index in [1.807, 2.05) is 11.3 Å². The van der Waals surface area contributed by atoms with Gasteiger partial charge in [-0.15, -0.1) is 11.3 Å². The van der Waals surface area contributed by atoms with Crippen LogP contribution in [0.4, 0.5) is 0 Å². The number of aryl methyl sites for hydroxylation is 1. The molecule has 2 aliphatic heterocycles. The largest absolute Gasteiger partial charge is 0.326 e. The second-order valence-electron chi connectivity index (χ2n) is 5.48. The molecule has 0 aromatic carbocycles. The average Bonchev–Trinajstić information content (AvgIpc) is 2.75. The molecule has 3 rings (SSSR count). The molecule has 0 spiro atoms. The van der Waals surface area contributed by atoms with Crippen LogP contribution < -0.4 is 5.73 Å². The van der Waals surface area contributed by atoms with Gasteiger partial charge in [-0.3, -0.25) is 0 Å². The third-order valence-corrected chi connectivity index (χ3v) is 5.88. The van der Waals surface area contributed by atoms with Crippen LogP contribution in [0, 0.1) is 6.92 Å². The summed E-state index contributed by atoms with van der Waals surface area (Å²) in [6.07, 6.45) is 5.35. The van der Waals surface area contributed by atoms with Crippen molar-refractivity contribution in [3.05, 3.63) is 15.6 Å². The summed E-state index contributed by atoms with van der Waals surface area (Å²) >= 11 is 1.84. The van der Waals surface area contributed by atoms with E-state index in [-0.39, 0.29) is 0 Å². The van der Waals surface area contributed by atoms with Crippen LogP contribution >= 0.6 is 11.3 Å². The molecule has 1 aromatic heterocycles. The molecule has 2 atom stereocenters. The van der Waals surface area contributed by atoms with Crippen LogP contribution in [-0.2, 0) is 6.54 Å². The van der Waals surface area contributed by atoms with E-state index in [4.69, 9.17) is 10.7 Å². The number of rotatable bonds is 2. The fraction of sp³-hybridized carbons (Fsp3) is 0.769. The van der Waals surface area contributed by atoms with Gasteiger partial charge in [-0.1, -0.05) is 0 Å². The van der Waals surface area contributed by atoms with Gasteiger partial charge in [-0.05, 0) is 39.7 Å². The molecule has 17 heavy (non-hydrogen) atoms. The number of piperidine rings is 1. The molecule has 1 aromatic rings. The molecular weight excluding hydrogens is 230 g/mol. The highest BCUT2D eigenvalue weighted by Gasteiger charge is 2.39. The van der Waals surface area contributed by atoms with Gasteiger partial charge in [0.25, 0.3) is 0 Å². The highest BCUT2D eigenvalue weighted by molar-refractivity contribution is 7.11. The molecule has 2 fully saturated rings. The van der Waals surface area contributed by atoms with Crippen LogP contribution in [0.2, 0.25) is 0 Å².